The molecule has 15 heavy (non-hydrogen) atoms. The first kappa shape index (κ1) is 9.98. The molecule has 1 amide bonds. The van der Waals surface area contributed by atoms with Gasteiger partial charge in [-0.1, -0.05) is 18.2 Å². The third kappa shape index (κ3) is 2.10. The van der Waals surface area contributed by atoms with Crippen LogP contribution in [0.15, 0.2) is 24.3 Å². The van der Waals surface area contributed by atoms with Crippen LogP contribution in [0.25, 0.3) is 0 Å². The quantitative estimate of drug-likeness (QED) is 0.783. The highest BCUT2D eigenvalue weighted by atomic mass is 16.5. The Morgan fingerprint density at radius 3 is 2.93 bits per heavy atom. The maximum atomic E-state index is 10.9. The Bertz CT molecular complexity index is 355. The lowest BCUT2D eigenvalue weighted by atomic mass is 10.1. The Labute approximate surface area is 88.2 Å². The molecule has 1 aromatic carbocycles. The maximum Gasteiger partial charge on any atom is 0.246 e. The predicted molar refractivity (Wildman–Crippen MR) is 54.7 cm³/mol. The Kier molecular flexibility index (Phi) is 2.87. The molecule has 1 fully saturated rings. The standard InChI is InChI=1S/C11H13NO3/c1-14-9-5-3-2-4-8(9)10-6-12-11(13)7-15-10/h2-5,10H,6-7H2,1H3,(H,12,13). The summed E-state index contributed by atoms with van der Waals surface area (Å²) in [5, 5.41) is 2.76. The molecule has 1 atom stereocenters. The molecule has 0 spiro atoms. The molecule has 0 saturated carbocycles. The first-order chi connectivity index (χ1) is 7.31. The molecule has 1 heterocycles. The molecule has 1 aliphatic rings. The summed E-state index contributed by atoms with van der Waals surface area (Å²) in [6.07, 6.45) is -0.112. The van der Waals surface area contributed by atoms with E-state index in [1.54, 1.807) is 7.11 Å². The molecule has 2 rings (SSSR count). The molecule has 1 N–H and O–H groups in total. The van der Waals surface area contributed by atoms with Crippen molar-refractivity contribution in [2.75, 3.05) is 20.3 Å². The summed E-state index contributed by atoms with van der Waals surface area (Å²) in [4.78, 5) is 10.9. The third-order valence-electron chi connectivity index (χ3n) is 2.39. The lowest BCUT2D eigenvalue weighted by molar-refractivity contribution is -0.133. The van der Waals surface area contributed by atoms with E-state index in [0.29, 0.717) is 6.54 Å². The van der Waals surface area contributed by atoms with Crippen molar-refractivity contribution in [3.05, 3.63) is 29.8 Å². The summed E-state index contributed by atoms with van der Waals surface area (Å²) in [6.45, 7) is 0.613. The van der Waals surface area contributed by atoms with Gasteiger partial charge in [0, 0.05) is 12.1 Å². The first-order valence-electron chi connectivity index (χ1n) is 4.82. The van der Waals surface area contributed by atoms with Crippen molar-refractivity contribution in [1.82, 2.24) is 5.32 Å². The summed E-state index contributed by atoms with van der Waals surface area (Å²) in [5.41, 5.74) is 0.972. The van der Waals surface area contributed by atoms with E-state index < -0.39 is 0 Å². The van der Waals surface area contributed by atoms with Crippen LogP contribution in [0.1, 0.15) is 11.7 Å². The number of amides is 1. The summed E-state index contributed by atoms with van der Waals surface area (Å²) < 4.78 is 10.7. The van der Waals surface area contributed by atoms with Crippen LogP contribution in [0.4, 0.5) is 0 Å². The van der Waals surface area contributed by atoms with Crippen molar-refractivity contribution in [1.29, 1.82) is 0 Å². The number of morpholine rings is 1. The van der Waals surface area contributed by atoms with Gasteiger partial charge in [-0.2, -0.15) is 0 Å². The van der Waals surface area contributed by atoms with E-state index in [1.807, 2.05) is 24.3 Å². The van der Waals surface area contributed by atoms with Crippen molar-refractivity contribution in [2.24, 2.45) is 0 Å². The van der Waals surface area contributed by atoms with Crippen LogP contribution >= 0.6 is 0 Å². The van der Waals surface area contributed by atoms with Gasteiger partial charge in [-0.3, -0.25) is 4.79 Å². The number of carbonyl (C=O) groups is 1. The largest absolute Gasteiger partial charge is 0.496 e. The van der Waals surface area contributed by atoms with Crippen molar-refractivity contribution in [3.8, 4) is 5.75 Å². The van der Waals surface area contributed by atoms with Gasteiger partial charge in [0.15, 0.2) is 0 Å². The van der Waals surface area contributed by atoms with Crippen LogP contribution in [0, 0.1) is 0 Å². The number of para-hydroxylation sites is 1. The molecule has 0 bridgehead atoms. The fraction of sp³-hybridized carbons (Fsp3) is 0.364. The smallest absolute Gasteiger partial charge is 0.246 e. The Hall–Kier alpha value is -1.55. The van der Waals surface area contributed by atoms with Gasteiger partial charge >= 0.3 is 0 Å². The van der Waals surface area contributed by atoms with Crippen molar-refractivity contribution in [2.45, 2.75) is 6.10 Å². The molecular weight excluding hydrogens is 194 g/mol. The number of nitrogens with one attached hydrogen (secondary N) is 1. The molecule has 1 aromatic rings. The van der Waals surface area contributed by atoms with E-state index in [1.165, 1.54) is 0 Å². The highest BCUT2D eigenvalue weighted by Gasteiger charge is 2.22. The van der Waals surface area contributed by atoms with Gasteiger partial charge in [-0.05, 0) is 6.07 Å². The zero-order valence-electron chi connectivity index (χ0n) is 8.53. The van der Waals surface area contributed by atoms with Crippen LogP contribution < -0.4 is 10.1 Å². The van der Waals surface area contributed by atoms with Crippen LogP contribution in [-0.4, -0.2) is 26.2 Å². The second-order valence-electron chi connectivity index (χ2n) is 3.35. The van der Waals surface area contributed by atoms with Crippen molar-refractivity contribution in [3.63, 3.8) is 0 Å². The molecule has 0 aromatic heterocycles. The number of benzene rings is 1. The van der Waals surface area contributed by atoms with Crippen molar-refractivity contribution < 1.29 is 14.3 Å². The average molecular weight is 207 g/mol. The van der Waals surface area contributed by atoms with E-state index in [0.717, 1.165) is 11.3 Å². The zero-order valence-corrected chi connectivity index (χ0v) is 8.53. The Balaban J connectivity index is 2.18. The highest BCUT2D eigenvalue weighted by Crippen LogP contribution is 2.27. The fourth-order valence-electron chi connectivity index (χ4n) is 1.62. The van der Waals surface area contributed by atoms with E-state index in [4.69, 9.17) is 9.47 Å². The zero-order chi connectivity index (χ0) is 10.7. The second kappa shape index (κ2) is 4.31. The van der Waals surface area contributed by atoms with E-state index in [2.05, 4.69) is 5.32 Å². The van der Waals surface area contributed by atoms with Crippen LogP contribution in [0.3, 0.4) is 0 Å². The topological polar surface area (TPSA) is 47.6 Å². The van der Waals surface area contributed by atoms with E-state index in [-0.39, 0.29) is 18.6 Å². The van der Waals surface area contributed by atoms with Gasteiger partial charge in [-0.25, -0.2) is 0 Å². The number of hydrogen-bond acceptors (Lipinski definition) is 3. The van der Waals surface area contributed by atoms with Gasteiger partial charge in [0.2, 0.25) is 5.91 Å². The minimum absolute atomic E-state index is 0.0684. The molecule has 4 heteroatoms. The molecule has 1 aliphatic heterocycles. The Morgan fingerprint density at radius 2 is 2.27 bits per heavy atom. The van der Waals surface area contributed by atoms with E-state index in [9.17, 15) is 4.79 Å². The summed E-state index contributed by atoms with van der Waals surface area (Å²) in [5.74, 6) is 0.722. The van der Waals surface area contributed by atoms with Gasteiger partial charge in [0.25, 0.3) is 0 Å². The van der Waals surface area contributed by atoms with Crippen LogP contribution in [0.2, 0.25) is 0 Å². The molecule has 80 valence electrons. The molecule has 1 saturated heterocycles. The highest BCUT2D eigenvalue weighted by molar-refractivity contribution is 5.77. The number of carbonyl (C=O) groups excluding carboxylic acids is 1. The van der Waals surface area contributed by atoms with Crippen LogP contribution in [0.5, 0.6) is 5.75 Å². The summed E-state index contributed by atoms with van der Waals surface area (Å²) in [7, 11) is 1.63. The van der Waals surface area contributed by atoms with Gasteiger partial charge in [0.05, 0.1) is 7.11 Å². The van der Waals surface area contributed by atoms with E-state index >= 15 is 0 Å². The molecule has 4 nitrogen and oxygen atoms in total. The number of rotatable bonds is 2. The number of methoxy groups -OCH3 is 1. The van der Waals surface area contributed by atoms with Crippen LogP contribution in [-0.2, 0) is 9.53 Å². The molecule has 0 radical (unpaired) electrons. The normalized spacial score (nSPS) is 20.9. The lowest BCUT2D eigenvalue weighted by Gasteiger charge is -2.24. The van der Waals surface area contributed by atoms with Gasteiger partial charge < -0.3 is 14.8 Å². The maximum absolute atomic E-state index is 10.9. The SMILES string of the molecule is COc1ccccc1C1CNC(=O)CO1. The fourth-order valence-corrected chi connectivity index (χ4v) is 1.62. The third-order valence-corrected chi connectivity index (χ3v) is 2.39. The monoisotopic (exact) mass is 207 g/mol. The average Bonchev–Trinajstić information content (AvgIpc) is 2.30. The number of ether oxygens (including phenoxy) is 2. The first-order valence-corrected chi connectivity index (χ1v) is 4.82. The number of hydrogen-bond donors (Lipinski definition) is 1. The molecular formula is C11H13NO3. The minimum Gasteiger partial charge on any atom is -0.496 e. The second-order valence-corrected chi connectivity index (χ2v) is 3.35. The molecule has 0 aliphatic carbocycles. The lowest BCUT2D eigenvalue weighted by Crippen LogP contribution is -2.38. The van der Waals surface area contributed by atoms with Gasteiger partial charge in [-0.15, -0.1) is 0 Å². The summed E-state index contributed by atoms with van der Waals surface area (Å²) >= 11 is 0. The predicted octanol–water partition coefficient (Wildman–Crippen LogP) is 0.883. The van der Waals surface area contributed by atoms with Gasteiger partial charge in [0.1, 0.15) is 18.5 Å². The minimum atomic E-state index is -0.112. The molecule has 1 unspecified atom stereocenters. The van der Waals surface area contributed by atoms with Crippen molar-refractivity contribution >= 4 is 5.91 Å². The Morgan fingerprint density at radius 1 is 1.47 bits per heavy atom. The summed E-state index contributed by atoms with van der Waals surface area (Å²) in [6, 6.07) is 7.66.